The van der Waals surface area contributed by atoms with Gasteiger partial charge in [-0.3, -0.25) is 34.3 Å². The summed E-state index contributed by atoms with van der Waals surface area (Å²) in [5, 5.41) is 21.3. The highest BCUT2D eigenvalue weighted by atomic mass is 32.2. The highest BCUT2D eigenvalue weighted by Gasteiger charge is 2.61. The number of rotatable bonds is 9. The number of hydrogen-bond acceptors (Lipinski definition) is 12. The van der Waals surface area contributed by atoms with Crippen LogP contribution in [0.1, 0.15) is 82.4 Å². The normalized spacial score (nSPS) is 27.2. The maximum Gasteiger partial charge on any atom is 0.329 e. The molecule has 19 heteroatoms. The Bertz CT molecular complexity index is 2610. The molecule has 2 saturated carbocycles. The molecule has 334 valence electrons. The predicted molar refractivity (Wildman–Crippen MR) is 234 cm³/mol. The number of carbonyl (C=O) groups is 3. The van der Waals surface area contributed by atoms with Crippen molar-refractivity contribution in [1.82, 2.24) is 34.3 Å². The number of urea groups is 1. The fraction of sp³-hybridized carbons (Fsp3) is 0.545. The first-order valence-electron chi connectivity index (χ1n) is 22.2. The van der Waals surface area contributed by atoms with Gasteiger partial charge in [0.15, 0.2) is 5.82 Å². The minimum Gasteiger partial charge on any atom is -0.393 e. The molecule has 1 spiro atoms. The number of hydrogen-bond donors (Lipinski definition) is 3. The maximum absolute atomic E-state index is 16.0. The van der Waals surface area contributed by atoms with E-state index in [2.05, 4.69) is 50.4 Å². The van der Waals surface area contributed by atoms with E-state index in [1.54, 1.807) is 34.0 Å². The van der Waals surface area contributed by atoms with Crippen molar-refractivity contribution in [2.24, 2.45) is 7.05 Å². The molecule has 0 radical (unpaired) electrons. The average molecular weight is 884 g/mol. The average Bonchev–Trinajstić information content (AvgIpc) is 3.96. The van der Waals surface area contributed by atoms with E-state index in [4.69, 9.17) is 4.98 Å². The van der Waals surface area contributed by atoms with E-state index in [1.165, 1.54) is 9.21 Å². The number of nitrogens with zero attached hydrogens (tertiary/aromatic N) is 9. The van der Waals surface area contributed by atoms with Crippen LogP contribution in [-0.4, -0.2) is 130 Å². The van der Waals surface area contributed by atoms with Crippen LogP contribution in [0.5, 0.6) is 0 Å². The molecular weight excluding hydrogens is 830 g/mol. The summed E-state index contributed by atoms with van der Waals surface area (Å²) in [6.07, 6.45) is 4.40. The largest absolute Gasteiger partial charge is 0.393 e. The second-order valence-corrected chi connectivity index (χ2v) is 20.2. The van der Waals surface area contributed by atoms with Crippen LogP contribution < -0.4 is 25.3 Å². The number of carbonyl (C=O) groups excluding carboxylic acids is 3. The molecule has 1 unspecified atom stereocenters. The predicted octanol–water partition coefficient (Wildman–Crippen LogP) is 3.98. The van der Waals surface area contributed by atoms with E-state index < -0.39 is 39.8 Å². The van der Waals surface area contributed by atoms with Crippen LogP contribution in [-0.2, 0) is 32.1 Å². The number of anilines is 4. The van der Waals surface area contributed by atoms with Crippen molar-refractivity contribution in [3.05, 3.63) is 59.8 Å². The topological polar surface area (TPSA) is 189 Å². The Balaban J connectivity index is 0.779. The van der Waals surface area contributed by atoms with E-state index >= 15 is 4.39 Å². The standard InChI is InChI=1S/C44H54FN11O6S/c1-26-24-52(29-10-11-33-37(22-29)51(3)50-39(33)55-17-13-38(58)48-43(55)60)18-19-54(26)27(2)28-6-4-9-32(20-28)63(61,62)53-16-12-36(35(45)25-53)47-42-46-23-34-40(49-42)56(41(59)44(34)14-15-44)30-7-5-8-31(57)21-30/h4,6,9-11,20,22-23,26-27,30-31,35-36,57H,5,7-8,12-19,21,24-25H2,1-3H3,(H,46,47,49)(H,48,58,60)/t26-,27-,30+,31+,35+,36?/m0/s1. The minimum absolute atomic E-state index is 0.0140. The van der Waals surface area contributed by atoms with E-state index in [-0.39, 0.29) is 73.3 Å². The summed E-state index contributed by atoms with van der Waals surface area (Å²) in [6.45, 7) is 6.50. The number of nitrogens with one attached hydrogen (secondary N) is 2. The van der Waals surface area contributed by atoms with Crippen LogP contribution in [0.4, 0.5) is 32.5 Å². The van der Waals surface area contributed by atoms with Crippen LogP contribution in [0, 0.1) is 0 Å². The lowest BCUT2D eigenvalue weighted by atomic mass is 9.92. The zero-order valence-corrected chi connectivity index (χ0v) is 36.6. The second-order valence-electron chi connectivity index (χ2n) is 18.3. The molecule has 3 saturated heterocycles. The molecule has 6 aliphatic rings. The van der Waals surface area contributed by atoms with Crippen molar-refractivity contribution in [3.63, 3.8) is 0 Å². The Kier molecular flexibility index (Phi) is 10.5. The molecule has 2 aromatic heterocycles. The lowest BCUT2D eigenvalue weighted by molar-refractivity contribution is -0.121. The number of imide groups is 1. The fourth-order valence-corrected chi connectivity index (χ4v) is 12.1. The Morgan fingerprint density at radius 3 is 2.57 bits per heavy atom. The number of aryl methyl sites for hydroxylation is 1. The second kappa shape index (κ2) is 15.8. The van der Waals surface area contributed by atoms with Gasteiger partial charge in [-0.15, -0.1) is 0 Å². The van der Waals surface area contributed by atoms with Crippen molar-refractivity contribution in [1.29, 1.82) is 0 Å². The van der Waals surface area contributed by atoms with Gasteiger partial charge in [-0.1, -0.05) is 12.1 Å². The van der Waals surface area contributed by atoms with E-state index in [9.17, 15) is 27.9 Å². The quantitative estimate of drug-likeness (QED) is 0.220. The van der Waals surface area contributed by atoms with Crippen molar-refractivity contribution < 1.29 is 32.3 Å². The third-order valence-electron chi connectivity index (χ3n) is 14.3. The molecule has 3 N–H and O–H groups in total. The number of aliphatic hydroxyl groups is 1. The third kappa shape index (κ3) is 7.29. The summed E-state index contributed by atoms with van der Waals surface area (Å²) in [4.78, 5) is 55.3. The summed E-state index contributed by atoms with van der Waals surface area (Å²) in [7, 11) is -2.18. The highest BCUT2D eigenvalue weighted by molar-refractivity contribution is 7.89. The summed E-state index contributed by atoms with van der Waals surface area (Å²) in [5.74, 6) is 0.981. The Labute approximate surface area is 365 Å². The van der Waals surface area contributed by atoms with Gasteiger partial charge < -0.3 is 15.3 Å². The van der Waals surface area contributed by atoms with Crippen molar-refractivity contribution in [3.8, 4) is 0 Å². The smallest absolute Gasteiger partial charge is 0.329 e. The van der Waals surface area contributed by atoms with Crippen LogP contribution in [0.3, 0.4) is 0 Å². The molecule has 4 aliphatic heterocycles. The number of alkyl halides is 1. The Hall–Kier alpha value is -5.24. The Morgan fingerprint density at radius 1 is 1.00 bits per heavy atom. The van der Waals surface area contributed by atoms with Crippen LogP contribution in [0.25, 0.3) is 10.9 Å². The van der Waals surface area contributed by atoms with Crippen molar-refractivity contribution in [2.45, 2.75) is 112 Å². The number of piperazine rings is 1. The molecule has 5 fully saturated rings. The number of halogens is 1. The van der Waals surface area contributed by atoms with Gasteiger partial charge in [0.05, 0.1) is 28.0 Å². The number of fused-ring (bicyclic) bond motifs is 3. The van der Waals surface area contributed by atoms with Gasteiger partial charge in [-0.05, 0) is 94.7 Å². The number of amides is 4. The van der Waals surface area contributed by atoms with Gasteiger partial charge >= 0.3 is 6.03 Å². The third-order valence-corrected chi connectivity index (χ3v) is 16.2. The number of aliphatic hydroxyl groups excluding tert-OH is 1. The summed E-state index contributed by atoms with van der Waals surface area (Å²) in [5.41, 5.74) is 2.96. The van der Waals surface area contributed by atoms with E-state index in [1.807, 2.05) is 25.2 Å². The minimum atomic E-state index is -4.02. The maximum atomic E-state index is 16.0. The van der Waals surface area contributed by atoms with Gasteiger partial charge in [0, 0.05) is 93.7 Å². The molecular formula is C44H54FN11O6S. The van der Waals surface area contributed by atoms with E-state index in [0.717, 1.165) is 73.0 Å². The first-order valence-corrected chi connectivity index (χ1v) is 23.6. The summed E-state index contributed by atoms with van der Waals surface area (Å²) in [6, 6.07) is 11.7. The van der Waals surface area contributed by atoms with Gasteiger partial charge in [0.25, 0.3) is 0 Å². The molecule has 17 nitrogen and oxygen atoms in total. The van der Waals surface area contributed by atoms with Gasteiger partial charge in [0.2, 0.25) is 27.8 Å². The first kappa shape index (κ1) is 41.8. The number of aromatic nitrogens is 4. The zero-order valence-electron chi connectivity index (χ0n) is 35.8. The number of benzene rings is 2. The summed E-state index contributed by atoms with van der Waals surface area (Å²) >= 11 is 0. The fourth-order valence-electron chi connectivity index (χ4n) is 10.6. The Morgan fingerprint density at radius 2 is 1.83 bits per heavy atom. The first-order chi connectivity index (χ1) is 30.2. The van der Waals surface area contributed by atoms with Crippen LogP contribution in [0.15, 0.2) is 53.6 Å². The zero-order chi connectivity index (χ0) is 43.9. The van der Waals surface area contributed by atoms with Crippen molar-refractivity contribution >= 4 is 62.0 Å². The summed E-state index contributed by atoms with van der Waals surface area (Å²) < 4.78 is 47.1. The molecule has 63 heavy (non-hydrogen) atoms. The van der Waals surface area contributed by atoms with Gasteiger partial charge in [0.1, 0.15) is 12.0 Å². The van der Waals surface area contributed by atoms with Gasteiger partial charge in [-0.25, -0.2) is 22.6 Å². The molecule has 6 atom stereocenters. The molecule has 0 bridgehead atoms. The molecule has 4 aromatic rings. The highest BCUT2D eigenvalue weighted by Crippen LogP contribution is 2.57. The van der Waals surface area contributed by atoms with Crippen molar-refractivity contribution in [2.75, 3.05) is 59.3 Å². The van der Waals surface area contributed by atoms with Gasteiger partial charge in [-0.2, -0.15) is 14.4 Å². The molecule has 2 aromatic carbocycles. The molecule has 6 heterocycles. The molecule has 10 rings (SSSR count). The van der Waals surface area contributed by atoms with Crippen LogP contribution >= 0.6 is 0 Å². The molecule has 2 aliphatic carbocycles. The monoisotopic (exact) mass is 883 g/mol. The van der Waals surface area contributed by atoms with E-state index in [0.29, 0.717) is 24.5 Å². The lowest BCUT2D eigenvalue weighted by Crippen LogP contribution is -2.52. The van der Waals surface area contributed by atoms with Crippen LogP contribution in [0.2, 0.25) is 0 Å². The lowest BCUT2D eigenvalue weighted by Gasteiger charge is -2.44. The SMILES string of the molecule is C[C@H]1CN(c2ccc3c(N4CCC(=O)NC4=O)nn(C)c3c2)CCN1[C@@H](C)c1cccc(S(=O)(=O)N2CCC(Nc3ncc4c(n3)N([C@@H]3CCC[C@@H](O)C3)C(=O)C43CC3)[C@H](F)C2)c1. The number of sulfonamides is 1. The molecule has 4 amide bonds. The number of piperidine rings is 1.